The van der Waals surface area contributed by atoms with Crippen LogP contribution in [-0.4, -0.2) is 17.7 Å². The topological polar surface area (TPSA) is 32.3 Å². The molecular formula is C13H18FNO. The Morgan fingerprint density at radius 2 is 2.00 bits per heavy atom. The van der Waals surface area contributed by atoms with Crippen LogP contribution in [0.1, 0.15) is 31.4 Å². The van der Waals surface area contributed by atoms with Gasteiger partial charge in [0.2, 0.25) is 0 Å². The summed E-state index contributed by atoms with van der Waals surface area (Å²) in [6.07, 6.45) is 2.03. The zero-order valence-corrected chi connectivity index (χ0v) is 9.49. The molecule has 2 nitrogen and oxygen atoms in total. The van der Waals surface area contributed by atoms with E-state index in [0.717, 1.165) is 18.0 Å². The minimum absolute atomic E-state index is 0.00561. The number of aliphatic hydroxyl groups is 1. The third-order valence-corrected chi connectivity index (χ3v) is 3.11. The number of nitrogens with one attached hydrogen (secondary N) is 1. The number of hydrogen-bond donors (Lipinski definition) is 2. The van der Waals surface area contributed by atoms with E-state index in [0.29, 0.717) is 0 Å². The average Bonchev–Trinajstić information content (AvgIpc) is 3.10. The van der Waals surface area contributed by atoms with E-state index in [1.807, 2.05) is 6.92 Å². The van der Waals surface area contributed by atoms with Gasteiger partial charge in [0.25, 0.3) is 0 Å². The minimum atomic E-state index is -0.570. The number of hydrogen-bond acceptors (Lipinski definition) is 2. The van der Waals surface area contributed by atoms with Gasteiger partial charge in [0.15, 0.2) is 0 Å². The van der Waals surface area contributed by atoms with Crippen molar-refractivity contribution in [1.82, 2.24) is 5.32 Å². The second-order valence-electron chi connectivity index (χ2n) is 4.64. The largest absolute Gasteiger partial charge is 0.387 e. The van der Waals surface area contributed by atoms with Gasteiger partial charge in [0.05, 0.1) is 6.10 Å². The zero-order valence-electron chi connectivity index (χ0n) is 9.49. The second kappa shape index (κ2) is 4.93. The molecule has 1 aliphatic carbocycles. The van der Waals surface area contributed by atoms with Crippen molar-refractivity contribution in [3.63, 3.8) is 0 Å². The fraction of sp³-hybridized carbons (Fsp3) is 0.538. The smallest absolute Gasteiger partial charge is 0.123 e. The Balaban J connectivity index is 1.88. The molecule has 0 spiro atoms. The van der Waals surface area contributed by atoms with Crippen molar-refractivity contribution in [1.29, 1.82) is 0 Å². The molecule has 1 aromatic carbocycles. The highest BCUT2D eigenvalue weighted by atomic mass is 19.1. The Kier molecular flexibility index (Phi) is 3.56. The molecule has 2 rings (SSSR count). The summed E-state index contributed by atoms with van der Waals surface area (Å²) in [7, 11) is 0. The van der Waals surface area contributed by atoms with Gasteiger partial charge in [-0.3, -0.25) is 0 Å². The van der Waals surface area contributed by atoms with Crippen LogP contribution in [0.2, 0.25) is 0 Å². The van der Waals surface area contributed by atoms with Gasteiger partial charge in [-0.2, -0.15) is 0 Å². The summed E-state index contributed by atoms with van der Waals surface area (Å²) < 4.78 is 12.7. The maximum Gasteiger partial charge on any atom is 0.123 e. The lowest BCUT2D eigenvalue weighted by atomic mass is 10.0. The summed E-state index contributed by atoms with van der Waals surface area (Å²) in [6, 6.07) is 6.04. The van der Waals surface area contributed by atoms with E-state index in [1.54, 1.807) is 12.1 Å². The molecule has 1 fully saturated rings. The molecule has 88 valence electrons. The first-order chi connectivity index (χ1) is 7.66. The predicted octanol–water partition coefficient (Wildman–Crippen LogP) is 2.25. The first-order valence-electron chi connectivity index (χ1n) is 5.83. The van der Waals surface area contributed by atoms with Gasteiger partial charge in [-0.05, 0) is 49.9 Å². The lowest BCUT2D eigenvalue weighted by Gasteiger charge is -2.20. The first-order valence-corrected chi connectivity index (χ1v) is 5.83. The summed E-state index contributed by atoms with van der Waals surface area (Å²) >= 11 is 0. The highest BCUT2D eigenvalue weighted by Gasteiger charge is 2.23. The third-order valence-electron chi connectivity index (χ3n) is 3.11. The molecule has 1 aromatic rings. The maximum atomic E-state index is 12.7. The van der Waals surface area contributed by atoms with Crippen LogP contribution in [0.4, 0.5) is 4.39 Å². The average molecular weight is 223 g/mol. The van der Waals surface area contributed by atoms with E-state index in [9.17, 15) is 9.50 Å². The van der Waals surface area contributed by atoms with E-state index < -0.39 is 6.10 Å². The molecule has 1 aliphatic rings. The van der Waals surface area contributed by atoms with Crippen LogP contribution < -0.4 is 5.32 Å². The lowest BCUT2D eigenvalue weighted by Crippen LogP contribution is -2.33. The molecular weight excluding hydrogens is 205 g/mol. The molecule has 0 heterocycles. The van der Waals surface area contributed by atoms with Crippen molar-refractivity contribution < 1.29 is 9.50 Å². The van der Waals surface area contributed by atoms with Gasteiger partial charge in [0.1, 0.15) is 5.82 Å². The molecule has 3 heteroatoms. The van der Waals surface area contributed by atoms with Crippen LogP contribution in [0.3, 0.4) is 0 Å². The van der Waals surface area contributed by atoms with Gasteiger partial charge in [-0.25, -0.2) is 4.39 Å². The van der Waals surface area contributed by atoms with Crippen LogP contribution in [0.15, 0.2) is 24.3 Å². The molecule has 0 aliphatic heterocycles. The molecule has 0 aromatic heterocycles. The van der Waals surface area contributed by atoms with Crippen molar-refractivity contribution in [3.8, 4) is 0 Å². The standard InChI is InChI=1S/C13H18FNO/c1-9(15-8-10-2-3-10)13(16)11-4-6-12(14)7-5-11/h4-7,9-10,13,15-16H,2-3,8H2,1H3. The third kappa shape index (κ3) is 3.03. The van der Waals surface area contributed by atoms with E-state index in [4.69, 9.17) is 0 Å². The second-order valence-corrected chi connectivity index (χ2v) is 4.64. The van der Waals surface area contributed by atoms with Gasteiger partial charge in [-0.15, -0.1) is 0 Å². The minimum Gasteiger partial charge on any atom is -0.387 e. The Morgan fingerprint density at radius 1 is 1.38 bits per heavy atom. The van der Waals surface area contributed by atoms with Gasteiger partial charge < -0.3 is 10.4 Å². The van der Waals surface area contributed by atoms with E-state index >= 15 is 0 Å². The number of benzene rings is 1. The van der Waals surface area contributed by atoms with Crippen molar-refractivity contribution in [3.05, 3.63) is 35.6 Å². The summed E-state index contributed by atoms with van der Waals surface area (Å²) in [5.74, 6) is 0.525. The molecule has 16 heavy (non-hydrogen) atoms. The molecule has 1 saturated carbocycles. The Bertz CT molecular complexity index is 334. The Hall–Kier alpha value is -0.930. The first kappa shape index (κ1) is 11.6. The lowest BCUT2D eigenvalue weighted by molar-refractivity contribution is 0.135. The number of rotatable bonds is 5. The summed E-state index contributed by atoms with van der Waals surface area (Å²) in [6.45, 7) is 2.93. The molecule has 0 bridgehead atoms. The van der Waals surface area contributed by atoms with Crippen molar-refractivity contribution >= 4 is 0 Å². The molecule has 0 radical (unpaired) electrons. The van der Waals surface area contributed by atoms with Crippen LogP contribution in [0.5, 0.6) is 0 Å². The van der Waals surface area contributed by atoms with Gasteiger partial charge in [-0.1, -0.05) is 12.1 Å². The highest BCUT2D eigenvalue weighted by Crippen LogP contribution is 2.28. The highest BCUT2D eigenvalue weighted by molar-refractivity contribution is 5.19. The Labute approximate surface area is 95.5 Å². The zero-order chi connectivity index (χ0) is 11.5. The van der Waals surface area contributed by atoms with Crippen LogP contribution in [0.25, 0.3) is 0 Å². The maximum absolute atomic E-state index is 12.7. The molecule has 2 unspecified atom stereocenters. The molecule has 2 atom stereocenters. The Morgan fingerprint density at radius 3 is 2.56 bits per heavy atom. The fourth-order valence-corrected chi connectivity index (χ4v) is 1.73. The van der Waals surface area contributed by atoms with Crippen molar-refractivity contribution in [2.75, 3.05) is 6.54 Å². The van der Waals surface area contributed by atoms with E-state index in [-0.39, 0.29) is 11.9 Å². The van der Waals surface area contributed by atoms with E-state index in [1.165, 1.54) is 25.0 Å². The SMILES string of the molecule is CC(NCC1CC1)C(O)c1ccc(F)cc1. The summed E-state index contributed by atoms with van der Waals surface area (Å²) in [4.78, 5) is 0. The number of halogens is 1. The van der Waals surface area contributed by atoms with Gasteiger partial charge in [0, 0.05) is 6.04 Å². The van der Waals surface area contributed by atoms with Crippen LogP contribution in [-0.2, 0) is 0 Å². The van der Waals surface area contributed by atoms with E-state index in [2.05, 4.69) is 5.32 Å². The van der Waals surface area contributed by atoms with Gasteiger partial charge >= 0.3 is 0 Å². The van der Waals surface area contributed by atoms with Crippen LogP contribution >= 0.6 is 0 Å². The van der Waals surface area contributed by atoms with Crippen molar-refractivity contribution in [2.45, 2.75) is 31.9 Å². The molecule has 0 amide bonds. The molecule has 0 saturated heterocycles. The predicted molar refractivity (Wildman–Crippen MR) is 61.5 cm³/mol. The fourth-order valence-electron chi connectivity index (χ4n) is 1.73. The quantitative estimate of drug-likeness (QED) is 0.802. The summed E-state index contributed by atoms with van der Waals surface area (Å²) in [5.41, 5.74) is 0.761. The van der Waals surface area contributed by atoms with Crippen LogP contribution in [0, 0.1) is 11.7 Å². The number of aliphatic hydroxyl groups excluding tert-OH is 1. The van der Waals surface area contributed by atoms with Crippen molar-refractivity contribution in [2.24, 2.45) is 5.92 Å². The molecule has 2 N–H and O–H groups in total. The normalized spacial score (nSPS) is 19.4. The monoisotopic (exact) mass is 223 g/mol. The summed E-state index contributed by atoms with van der Waals surface area (Å²) in [5, 5.41) is 13.3.